The fourth-order valence-electron chi connectivity index (χ4n) is 5.12. The molecular formula is C31H43N3O8. The highest BCUT2D eigenvalue weighted by molar-refractivity contribution is 6.35. The largest absolute Gasteiger partial charge is 0.461 e. The quantitative estimate of drug-likeness (QED) is 0.289. The average Bonchev–Trinajstić information content (AvgIpc) is 2.94. The number of nitrogens with one attached hydrogen (secondary N) is 1. The van der Waals surface area contributed by atoms with Gasteiger partial charge in [0.1, 0.15) is 17.6 Å². The zero-order valence-corrected chi connectivity index (χ0v) is 25.3. The molecule has 0 aromatic heterocycles. The van der Waals surface area contributed by atoms with Crippen molar-refractivity contribution in [2.45, 2.75) is 71.8 Å². The van der Waals surface area contributed by atoms with Crippen molar-refractivity contribution in [2.75, 3.05) is 33.2 Å². The Bertz CT molecular complexity index is 1200. The summed E-state index contributed by atoms with van der Waals surface area (Å²) in [5.41, 5.74) is -0.443. The maximum absolute atomic E-state index is 13.7. The van der Waals surface area contributed by atoms with E-state index in [1.807, 2.05) is 20.0 Å². The third kappa shape index (κ3) is 8.04. The van der Waals surface area contributed by atoms with Crippen molar-refractivity contribution in [1.82, 2.24) is 15.1 Å². The van der Waals surface area contributed by atoms with Crippen molar-refractivity contribution >= 4 is 29.5 Å². The Labute approximate surface area is 247 Å². The SMILES string of the molecule is CC(=O)C(=O)NC1/C=C(C)/C=C\C(OC(=O)N2CCN(C)CC2)C/C=C(C)\C=C\C(O)CC2OC(=O)C1(C)C(=O)C2C. The van der Waals surface area contributed by atoms with Crippen LogP contribution >= 0.6 is 0 Å². The smallest absolute Gasteiger partial charge is 0.410 e. The van der Waals surface area contributed by atoms with E-state index in [1.165, 1.54) is 13.0 Å². The number of carbonyl (C=O) groups excluding carboxylic acids is 5. The highest BCUT2D eigenvalue weighted by atomic mass is 16.6. The third-order valence-electron chi connectivity index (χ3n) is 8.14. The van der Waals surface area contributed by atoms with Crippen LogP contribution in [0.15, 0.2) is 47.6 Å². The van der Waals surface area contributed by atoms with Gasteiger partial charge in [-0.1, -0.05) is 48.5 Å². The fraction of sp³-hybridized carbons (Fsp3) is 0.581. The summed E-state index contributed by atoms with van der Waals surface area (Å²) in [5.74, 6) is -3.83. The molecule has 230 valence electrons. The van der Waals surface area contributed by atoms with E-state index < -0.39 is 65.2 Å². The Balaban J connectivity index is 2.01. The number of hydrogen-bond donors (Lipinski definition) is 2. The Kier molecular flexibility index (Phi) is 11.0. The molecule has 3 aliphatic heterocycles. The molecule has 0 radical (unpaired) electrons. The van der Waals surface area contributed by atoms with E-state index in [0.717, 1.165) is 25.6 Å². The number of piperazine rings is 1. The van der Waals surface area contributed by atoms with Crippen LogP contribution in [-0.2, 0) is 28.7 Å². The lowest BCUT2D eigenvalue weighted by Crippen LogP contribution is -2.61. The van der Waals surface area contributed by atoms with Crippen molar-refractivity contribution in [1.29, 1.82) is 0 Å². The van der Waals surface area contributed by atoms with E-state index in [4.69, 9.17) is 9.47 Å². The number of nitrogens with zero attached hydrogens (tertiary/aromatic N) is 2. The molecule has 4 aliphatic rings. The van der Waals surface area contributed by atoms with Crippen LogP contribution in [0.4, 0.5) is 4.79 Å². The molecule has 0 aromatic rings. The predicted octanol–water partition coefficient (Wildman–Crippen LogP) is 2.11. The van der Waals surface area contributed by atoms with Crippen LogP contribution < -0.4 is 5.32 Å². The molecule has 42 heavy (non-hydrogen) atoms. The number of rotatable bonds is 3. The van der Waals surface area contributed by atoms with Crippen LogP contribution in [0.5, 0.6) is 0 Å². The van der Waals surface area contributed by atoms with Gasteiger partial charge in [0, 0.05) is 45.9 Å². The summed E-state index contributed by atoms with van der Waals surface area (Å²) in [4.78, 5) is 68.1. The molecule has 0 spiro atoms. The molecule has 3 heterocycles. The molecule has 2 bridgehead atoms. The van der Waals surface area contributed by atoms with E-state index in [0.29, 0.717) is 25.1 Å². The maximum Gasteiger partial charge on any atom is 0.410 e. The molecule has 0 saturated carbocycles. The first-order valence-electron chi connectivity index (χ1n) is 14.3. The van der Waals surface area contributed by atoms with Crippen molar-refractivity contribution in [3.05, 3.63) is 47.6 Å². The van der Waals surface area contributed by atoms with Crippen LogP contribution in [0.3, 0.4) is 0 Å². The topological polar surface area (TPSA) is 143 Å². The number of ether oxygens (including phenoxy) is 2. The summed E-state index contributed by atoms with van der Waals surface area (Å²) < 4.78 is 11.5. The summed E-state index contributed by atoms with van der Waals surface area (Å²) in [5, 5.41) is 13.2. The fourth-order valence-corrected chi connectivity index (χ4v) is 5.12. The molecule has 11 heteroatoms. The number of likely N-dealkylation sites (N-methyl/N-ethyl adjacent to an activating group) is 1. The summed E-state index contributed by atoms with van der Waals surface area (Å²) in [7, 11) is 1.99. The third-order valence-corrected chi connectivity index (χ3v) is 8.14. The van der Waals surface area contributed by atoms with Crippen molar-refractivity contribution < 1.29 is 38.6 Å². The minimum absolute atomic E-state index is 0.00463. The summed E-state index contributed by atoms with van der Waals surface area (Å²) in [6.07, 6.45) is 7.51. The number of amides is 2. The van der Waals surface area contributed by atoms with E-state index in [-0.39, 0.29) is 6.42 Å². The van der Waals surface area contributed by atoms with Crippen LogP contribution in [-0.4, -0.2) is 102 Å². The highest BCUT2D eigenvalue weighted by Gasteiger charge is 2.56. The van der Waals surface area contributed by atoms with Crippen molar-refractivity contribution in [3.8, 4) is 0 Å². The summed E-state index contributed by atoms with van der Waals surface area (Å²) in [6, 6.07) is -1.20. The zero-order valence-electron chi connectivity index (χ0n) is 25.3. The Morgan fingerprint density at radius 3 is 2.36 bits per heavy atom. The zero-order chi connectivity index (χ0) is 31.2. The van der Waals surface area contributed by atoms with Gasteiger partial charge in [0.15, 0.2) is 5.78 Å². The number of aliphatic hydroxyl groups is 1. The van der Waals surface area contributed by atoms with Gasteiger partial charge in [-0.05, 0) is 33.9 Å². The van der Waals surface area contributed by atoms with Gasteiger partial charge in [-0.2, -0.15) is 0 Å². The second-order valence-electron chi connectivity index (χ2n) is 11.6. The Hall–Kier alpha value is -3.57. The minimum Gasteiger partial charge on any atom is -0.461 e. The number of Topliss-reactive ketones (excluding diaryl/α,β-unsaturated/α-hetero) is 2. The molecule has 6 unspecified atom stereocenters. The molecule has 1 aliphatic carbocycles. The van der Waals surface area contributed by atoms with Crippen LogP contribution in [0.1, 0.15) is 47.5 Å². The molecule has 2 amide bonds. The normalized spacial score (nSPS) is 35.5. The number of hydrogen-bond acceptors (Lipinski definition) is 9. The number of fused-ring (bicyclic) bond motifs is 10. The molecular weight excluding hydrogens is 542 g/mol. The second kappa shape index (κ2) is 14.1. The maximum atomic E-state index is 13.7. The van der Waals surface area contributed by atoms with Gasteiger partial charge in [0.05, 0.1) is 18.1 Å². The van der Waals surface area contributed by atoms with Crippen LogP contribution in [0, 0.1) is 11.3 Å². The van der Waals surface area contributed by atoms with Gasteiger partial charge in [-0.3, -0.25) is 19.2 Å². The molecule has 4 rings (SSSR count). The lowest BCUT2D eigenvalue weighted by Gasteiger charge is -2.42. The van der Waals surface area contributed by atoms with Crippen molar-refractivity contribution in [2.24, 2.45) is 11.3 Å². The number of esters is 1. The Morgan fingerprint density at radius 1 is 1.07 bits per heavy atom. The first kappa shape index (κ1) is 32.9. The lowest BCUT2D eigenvalue weighted by molar-refractivity contribution is -0.181. The van der Waals surface area contributed by atoms with Gasteiger partial charge >= 0.3 is 12.1 Å². The van der Waals surface area contributed by atoms with Crippen LogP contribution in [0.25, 0.3) is 0 Å². The second-order valence-corrected chi connectivity index (χ2v) is 11.6. The number of allylic oxidation sites excluding steroid dienone is 4. The van der Waals surface area contributed by atoms with E-state index in [2.05, 4.69) is 10.2 Å². The molecule has 2 fully saturated rings. The lowest BCUT2D eigenvalue weighted by atomic mass is 9.69. The van der Waals surface area contributed by atoms with E-state index in [1.54, 1.807) is 43.1 Å². The number of ketones is 2. The van der Waals surface area contributed by atoms with Gasteiger partial charge < -0.3 is 29.7 Å². The first-order chi connectivity index (χ1) is 19.7. The molecule has 0 aromatic carbocycles. The minimum atomic E-state index is -1.82. The van der Waals surface area contributed by atoms with Crippen LogP contribution in [0.2, 0.25) is 0 Å². The van der Waals surface area contributed by atoms with Gasteiger partial charge in [-0.15, -0.1) is 0 Å². The van der Waals surface area contributed by atoms with Gasteiger partial charge in [0.2, 0.25) is 5.78 Å². The molecule has 6 atom stereocenters. The standard InChI is InChI=1S/C31H43N3O8/c1-19-7-10-23(36)18-25-21(3)27(37)31(5,29(39)42-25)26(32-28(38)22(4)35)17-20(2)9-12-24(11-8-19)41-30(40)34-15-13-33(6)14-16-34/h7-10,12,17,21,23-26,36H,11,13-16,18H2,1-6H3,(H,32,38)/b10-7+,12-9-,19-8-,20-17+. The van der Waals surface area contributed by atoms with Crippen molar-refractivity contribution in [3.63, 3.8) is 0 Å². The monoisotopic (exact) mass is 585 g/mol. The predicted molar refractivity (Wildman–Crippen MR) is 155 cm³/mol. The van der Waals surface area contributed by atoms with Gasteiger partial charge in [0.25, 0.3) is 5.91 Å². The van der Waals surface area contributed by atoms with Gasteiger partial charge in [-0.25, -0.2) is 4.79 Å². The average molecular weight is 586 g/mol. The van der Waals surface area contributed by atoms with E-state index in [9.17, 15) is 29.1 Å². The molecule has 2 saturated heterocycles. The summed E-state index contributed by atoms with van der Waals surface area (Å²) in [6.45, 7) is 10.3. The number of carbonyl (C=O) groups is 5. The molecule has 2 N–H and O–H groups in total. The highest BCUT2D eigenvalue weighted by Crippen LogP contribution is 2.38. The molecule has 11 nitrogen and oxygen atoms in total. The summed E-state index contributed by atoms with van der Waals surface area (Å²) >= 11 is 0. The Morgan fingerprint density at radius 2 is 1.71 bits per heavy atom. The number of aliphatic hydroxyl groups excluding tert-OH is 1. The first-order valence-corrected chi connectivity index (χ1v) is 14.3. The van der Waals surface area contributed by atoms with E-state index >= 15 is 0 Å².